The molecule has 10 heteroatoms. The largest absolute Gasteiger partial charge is 0.405 e. The van der Waals surface area contributed by atoms with Crippen molar-refractivity contribution in [3.8, 4) is 0 Å². The second kappa shape index (κ2) is 7.38. The number of aryl methyl sites for hydroxylation is 1. The Morgan fingerprint density at radius 2 is 1.50 bits per heavy atom. The second-order valence-corrected chi connectivity index (χ2v) is 8.30. The minimum Gasteiger partial charge on any atom is -0.298 e. The van der Waals surface area contributed by atoms with Crippen molar-refractivity contribution in [2.24, 2.45) is 0 Å². The number of nitrogens with one attached hydrogen (secondary N) is 1. The van der Waals surface area contributed by atoms with Crippen LogP contribution in [0.3, 0.4) is 0 Å². The van der Waals surface area contributed by atoms with E-state index < -0.39 is 34.7 Å². The third-order valence-electron chi connectivity index (χ3n) is 3.98. The van der Waals surface area contributed by atoms with Crippen molar-refractivity contribution >= 4 is 22.4 Å². The highest BCUT2D eigenvalue weighted by Crippen LogP contribution is 2.49. The number of nitrogens with zero attached hydrogens (tertiary/aromatic N) is 1. The Morgan fingerprint density at radius 1 is 1.00 bits per heavy atom. The highest BCUT2D eigenvalue weighted by atomic mass is 32.1. The first-order valence-corrected chi connectivity index (χ1v) is 8.95. The van der Waals surface area contributed by atoms with Gasteiger partial charge in [0.05, 0.1) is 10.6 Å². The van der Waals surface area contributed by atoms with Crippen molar-refractivity contribution < 1.29 is 31.1 Å². The van der Waals surface area contributed by atoms with Crippen molar-refractivity contribution in [2.45, 2.75) is 51.4 Å². The lowest BCUT2D eigenvalue weighted by atomic mass is 9.87. The van der Waals surface area contributed by atoms with Crippen LogP contribution in [0.2, 0.25) is 0 Å². The molecule has 0 bridgehead atoms. The van der Waals surface area contributed by atoms with E-state index in [1.54, 1.807) is 12.1 Å². The summed E-state index contributed by atoms with van der Waals surface area (Å²) in [6.07, 6.45) is -11.0. The van der Waals surface area contributed by atoms with Crippen LogP contribution >= 0.6 is 11.3 Å². The van der Waals surface area contributed by atoms with Gasteiger partial charge in [-0.05, 0) is 30.0 Å². The number of aromatic nitrogens is 1. The molecule has 0 aliphatic rings. The molecule has 2 rings (SSSR count). The number of anilines is 1. The van der Waals surface area contributed by atoms with Gasteiger partial charge in [-0.1, -0.05) is 32.9 Å². The summed E-state index contributed by atoms with van der Waals surface area (Å²) in [5, 5.41) is 1.95. The first kappa shape index (κ1) is 22.2. The molecule has 0 spiro atoms. The third-order valence-corrected chi connectivity index (χ3v) is 5.12. The molecule has 28 heavy (non-hydrogen) atoms. The van der Waals surface area contributed by atoms with Crippen LogP contribution in [0.25, 0.3) is 0 Å². The fourth-order valence-electron chi connectivity index (χ4n) is 2.50. The van der Waals surface area contributed by atoms with Gasteiger partial charge in [0.25, 0.3) is 5.91 Å². The van der Waals surface area contributed by atoms with Gasteiger partial charge in [-0.2, -0.15) is 26.3 Å². The lowest BCUT2D eigenvalue weighted by Gasteiger charge is -2.22. The minimum absolute atomic E-state index is 0.138. The van der Waals surface area contributed by atoms with E-state index in [2.05, 4.69) is 10.3 Å². The topological polar surface area (TPSA) is 42.0 Å². The summed E-state index contributed by atoms with van der Waals surface area (Å²) in [7, 11) is 0. The van der Waals surface area contributed by atoms with Gasteiger partial charge in [-0.25, -0.2) is 4.98 Å². The van der Waals surface area contributed by atoms with E-state index in [1.165, 1.54) is 12.1 Å². The maximum absolute atomic E-state index is 12.9. The van der Waals surface area contributed by atoms with Gasteiger partial charge in [0.1, 0.15) is 0 Å². The Labute approximate surface area is 161 Å². The average Bonchev–Trinajstić information content (AvgIpc) is 2.83. The summed E-state index contributed by atoms with van der Waals surface area (Å²) in [4.78, 5) is 15.0. The van der Waals surface area contributed by atoms with Crippen LogP contribution in [0.5, 0.6) is 0 Å². The highest BCUT2D eigenvalue weighted by molar-refractivity contribution is 7.16. The van der Waals surface area contributed by atoms with Gasteiger partial charge >= 0.3 is 12.4 Å². The Bertz CT molecular complexity index is 833. The van der Waals surface area contributed by atoms with Gasteiger partial charge in [0.15, 0.2) is 11.0 Å². The maximum Gasteiger partial charge on any atom is 0.405 e. The number of hydrogen-bond donors (Lipinski definition) is 1. The molecule has 3 nitrogen and oxygen atoms in total. The molecule has 0 fully saturated rings. The summed E-state index contributed by atoms with van der Waals surface area (Å²) in [6.45, 7) is 7.00. The average molecular weight is 424 g/mol. The standard InChI is InChI=1S/C18H18F6N2OS/c1-9-12(13(17(19,20)21)18(22,23)24)28-15(25-9)26-14(27)10-5-7-11(8-6-10)16(2,3)4/h5-8,13H,1-4H3,(H,25,26,27). The number of rotatable bonds is 3. The molecule has 154 valence electrons. The summed E-state index contributed by atoms with van der Waals surface area (Å²) >= 11 is 0.169. The van der Waals surface area contributed by atoms with E-state index in [0.717, 1.165) is 12.5 Å². The van der Waals surface area contributed by atoms with E-state index in [4.69, 9.17) is 0 Å². The Morgan fingerprint density at radius 3 is 1.93 bits per heavy atom. The SMILES string of the molecule is Cc1nc(NC(=O)c2ccc(C(C)(C)C)cc2)sc1C(C(F)(F)F)C(F)(F)F. The van der Waals surface area contributed by atoms with Crippen molar-refractivity contribution in [3.63, 3.8) is 0 Å². The van der Waals surface area contributed by atoms with Crippen molar-refractivity contribution in [3.05, 3.63) is 46.0 Å². The zero-order valence-corrected chi connectivity index (χ0v) is 16.2. The zero-order valence-electron chi connectivity index (χ0n) is 15.4. The number of thiazole rings is 1. The molecule has 0 saturated heterocycles. The number of amides is 1. The monoisotopic (exact) mass is 424 g/mol. The molecule has 1 heterocycles. The summed E-state index contributed by atoms with van der Waals surface area (Å²) in [5.74, 6) is -4.31. The zero-order chi connectivity index (χ0) is 21.5. The van der Waals surface area contributed by atoms with Gasteiger partial charge in [-0.3, -0.25) is 10.1 Å². The molecule has 1 aromatic heterocycles. The predicted molar refractivity (Wildman–Crippen MR) is 94.8 cm³/mol. The van der Waals surface area contributed by atoms with Crippen LogP contribution in [0, 0.1) is 6.92 Å². The number of halogens is 6. The van der Waals surface area contributed by atoms with Crippen LogP contribution < -0.4 is 5.32 Å². The van der Waals surface area contributed by atoms with Crippen LogP contribution in [-0.4, -0.2) is 23.2 Å². The van der Waals surface area contributed by atoms with Gasteiger partial charge < -0.3 is 0 Å². The predicted octanol–water partition coefficient (Wildman–Crippen LogP) is 6.21. The first-order chi connectivity index (χ1) is 12.6. The number of alkyl halides is 6. The van der Waals surface area contributed by atoms with Gasteiger partial charge in [0.2, 0.25) is 0 Å². The minimum atomic E-state index is -5.51. The van der Waals surface area contributed by atoms with Crippen LogP contribution in [-0.2, 0) is 5.41 Å². The Kier molecular flexibility index (Phi) is 5.85. The summed E-state index contributed by atoms with van der Waals surface area (Å²) < 4.78 is 77.5. The lowest BCUT2D eigenvalue weighted by Crippen LogP contribution is -2.33. The number of benzene rings is 1. The fraction of sp³-hybridized carbons (Fsp3) is 0.444. The summed E-state index contributed by atoms with van der Waals surface area (Å²) in [6, 6.07) is 6.53. The van der Waals surface area contributed by atoms with Crippen molar-refractivity contribution in [2.75, 3.05) is 5.32 Å². The van der Waals surface area contributed by atoms with Crippen LogP contribution in [0.15, 0.2) is 24.3 Å². The molecule has 2 aromatic rings. The third kappa shape index (κ3) is 5.03. The number of carbonyl (C=O) groups is 1. The Hall–Kier alpha value is -2.10. The maximum atomic E-state index is 12.9. The molecule has 0 radical (unpaired) electrons. The van der Waals surface area contributed by atoms with E-state index in [9.17, 15) is 31.1 Å². The molecular weight excluding hydrogens is 406 g/mol. The van der Waals surface area contributed by atoms with Crippen LogP contribution in [0.1, 0.15) is 53.2 Å². The molecule has 1 aromatic carbocycles. The highest BCUT2D eigenvalue weighted by Gasteiger charge is 2.59. The lowest BCUT2D eigenvalue weighted by molar-refractivity contribution is -0.252. The van der Waals surface area contributed by atoms with Crippen LogP contribution in [0.4, 0.5) is 31.5 Å². The molecule has 1 N–H and O–H groups in total. The van der Waals surface area contributed by atoms with E-state index in [0.29, 0.717) is 0 Å². The van der Waals surface area contributed by atoms with Gasteiger partial charge in [-0.15, -0.1) is 11.3 Å². The molecule has 0 aliphatic heterocycles. The second-order valence-electron chi connectivity index (χ2n) is 7.27. The molecule has 0 aliphatic carbocycles. The molecule has 1 amide bonds. The van der Waals surface area contributed by atoms with E-state index in [-0.39, 0.29) is 27.4 Å². The summed E-state index contributed by atoms with van der Waals surface area (Å²) in [5.41, 5.74) is 0.615. The first-order valence-electron chi connectivity index (χ1n) is 8.13. The van der Waals surface area contributed by atoms with Crippen molar-refractivity contribution in [1.82, 2.24) is 4.98 Å². The molecule has 0 saturated carbocycles. The molecule has 0 atom stereocenters. The van der Waals surface area contributed by atoms with Crippen molar-refractivity contribution in [1.29, 1.82) is 0 Å². The van der Waals surface area contributed by atoms with Gasteiger partial charge in [0, 0.05) is 5.56 Å². The number of hydrogen-bond acceptors (Lipinski definition) is 3. The van der Waals surface area contributed by atoms with E-state index in [1.807, 2.05) is 20.8 Å². The van der Waals surface area contributed by atoms with E-state index >= 15 is 0 Å². The number of carbonyl (C=O) groups excluding carboxylic acids is 1. The smallest absolute Gasteiger partial charge is 0.298 e. The fourth-order valence-corrected chi connectivity index (χ4v) is 3.62. The quantitative estimate of drug-likeness (QED) is 0.596. The Balaban J connectivity index is 2.27. The normalized spacial score (nSPS) is 13.1. The molecular formula is C18H18F6N2OS. The molecule has 0 unspecified atom stereocenters.